The summed E-state index contributed by atoms with van der Waals surface area (Å²) in [5.74, 6) is -0.900. The van der Waals surface area contributed by atoms with Gasteiger partial charge in [0.1, 0.15) is 24.1 Å². The molecule has 0 unspecified atom stereocenters. The molecule has 0 saturated carbocycles. The molecule has 0 fully saturated rings. The molecule has 0 aliphatic rings. The van der Waals surface area contributed by atoms with Gasteiger partial charge in [0.25, 0.3) is 11.2 Å². The Bertz CT molecular complexity index is 1310. The molecule has 0 saturated heterocycles. The van der Waals surface area contributed by atoms with Gasteiger partial charge in [-0.3, -0.25) is 24.3 Å². The number of halogens is 1. The monoisotopic (exact) mass is 408 g/mol. The van der Waals surface area contributed by atoms with Crippen LogP contribution >= 0.6 is 0 Å². The Balaban J connectivity index is 1.55. The third kappa shape index (κ3) is 3.63. The lowest BCUT2D eigenvalue weighted by atomic mass is 10.3. The van der Waals surface area contributed by atoms with E-state index in [1.165, 1.54) is 65.7 Å². The van der Waals surface area contributed by atoms with Gasteiger partial charge in [-0.1, -0.05) is 0 Å². The lowest BCUT2D eigenvalue weighted by Gasteiger charge is -2.08. The molecule has 4 rings (SSSR count). The fraction of sp³-hybridized carbons (Fsp3) is 0.0526. The van der Waals surface area contributed by atoms with E-state index in [2.05, 4.69) is 15.4 Å². The van der Waals surface area contributed by atoms with E-state index in [0.717, 1.165) is 4.57 Å². The van der Waals surface area contributed by atoms with Gasteiger partial charge in [0.2, 0.25) is 5.91 Å². The van der Waals surface area contributed by atoms with Crippen molar-refractivity contribution in [3.63, 3.8) is 0 Å². The summed E-state index contributed by atoms with van der Waals surface area (Å²) in [4.78, 5) is 39.3. The van der Waals surface area contributed by atoms with Crippen LogP contribution in [0.2, 0.25) is 0 Å². The molecule has 0 bridgehead atoms. The van der Waals surface area contributed by atoms with Crippen molar-refractivity contribution in [3.8, 4) is 5.69 Å². The first-order valence-corrected chi connectivity index (χ1v) is 8.66. The molecule has 0 atom stereocenters. The molecular weight excluding hydrogens is 395 g/mol. The van der Waals surface area contributed by atoms with Gasteiger partial charge >= 0.3 is 0 Å². The maximum atomic E-state index is 13.1. The number of carbonyl (C=O) groups is 1. The Morgan fingerprint density at radius 3 is 2.50 bits per heavy atom. The molecule has 0 radical (unpaired) electrons. The fourth-order valence-corrected chi connectivity index (χ4v) is 2.85. The number of hydrogen-bond acceptors (Lipinski definition) is 6. The molecule has 0 aliphatic heterocycles. The molecule has 2 aromatic carbocycles. The van der Waals surface area contributed by atoms with Crippen LogP contribution in [0.3, 0.4) is 0 Å². The number of nitro benzene ring substituents is 1. The van der Waals surface area contributed by atoms with E-state index in [1.807, 2.05) is 0 Å². The Labute approximate surface area is 167 Å². The predicted molar refractivity (Wildman–Crippen MR) is 105 cm³/mol. The highest BCUT2D eigenvalue weighted by Crippen LogP contribution is 2.16. The third-order valence-electron chi connectivity index (χ3n) is 4.30. The van der Waals surface area contributed by atoms with Crippen molar-refractivity contribution in [2.24, 2.45) is 0 Å². The summed E-state index contributed by atoms with van der Waals surface area (Å²) in [6.45, 7) is -0.305. The zero-order valence-corrected chi connectivity index (χ0v) is 15.2. The van der Waals surface area contributed by atoms with Gasteiger partial charge in [0.05, 0.1) is 16.8 Å². The first-order chi connectivity index (χ1) is 14.4. The van der Waals surface area contributed by atoms with Crippen LogP contribution in [-0.2, 0) is 11.3 Å². The molecule has 150 valence electrons. The van der Waals surface area contributed by atoms with E-state index in [9.17, 15) is 24.1 Å². The summed E-state index contributed by atoms with van der Waals surface area (Å²) in [7, 11) is 0. The number of rotatable bonds is 5. The van der Waals surface area contributed by atoms with Crippen LogP contribution in [0.25, 0.3) is 16.7 Å². The second-order valence-electron chi connectivity index (χ2n) is 6.30. The van der Waals surface area contributed by atoms with Gasteiger partial charge < -0.3 is 5.32 Å². The summed E-state index contributed by atoms with van der Waals surface area (Å²) < 4.78 is 15.7. The number of nitro groups is 1. The minimum atomic E-state index is -0.543. The van der Waals surface area contributed by atoms with Crippen LogP contribution in [0.5, 0.6) is 0 Å². The van der Waals surface area contributed by atoms with Gasteiger partial charge in [-0.05, 0) is 36.4 Å². The largest absolute Gasteiger partial charge is 0.325 e. The average molecular weight is 408 g/mol. The Morgan fingerprint density at radius 2 is 1.83 bits per heavy atom. The highest BCUT2D eigenvalue weighted by Gasteiger charge is 2.14. The van der Waals surface area contributed by atoms with Crippen LogP contribution in [0.4, 0.5) is 15.8 Å². The molecular formula is C19H13FN6O4. The van der Waals surface area contributed by atoms with Gasteiger partial charge in [-0.15, -0.1) is 0 Å². The molecule has 1 amide bonds. The first kappa shape index (κ1) is 18.9. The number of hydrogen-bond donors (Lipinski definition) is 1. The van der Waals surface area contributed by atoms with E-state index in [-0.39, 0.29) is 23.3 Å². The smallest absolute Gasteiger partial charge is 0.269 e. The number of anilines is 1. The zero-order valence-electron chi connectivity index (χ0n) is 15.2. The maximum absolute atomic E-state index is 13.1. The number of carbonyl (C=O) groups excluding carboxylic acids is 1. The number of non-ortho nitro benzene ring substituents is 1. The lowest BCUT2D eigenvalue weighted by Crippen LogP contribution is -2.27. The summed E-state index contributed by atoms with van der Waals surface area (Å²) in [6, 6.07) is 10.9. The van der Waals surface area contributed by atoms with E-state index in [4.69, 9.17) is 0 Å². The number of benzene rings is 2. The van der Waals surface area contributed by atoms with Gasteiger partial charge in [-0.2, -0.15) is 5.10 Å². The van der Waals surface area contributed by atoms with Gasteiger partial charge in [-0.25, -0.2) is 14.1 Å². The predicted octanol–water partition coefficient (Wildman–Crippen LogP) is 2.27. The highest BCUT2D eigenvalue weighted by molar-refractivity contribution is 5.90. The van der Waals surface area contributed by atoms with Crippen LogP contribution in [0, 0.1) is 15.9 Å². The topological polar surface area (TPSA) is 125 Å². The Morgan fingerprint density at radius 1 is 1.13 bits per heavy atom. The third-order valence-corrected chi connectivity index (χ3v) is 4.30. The average Bonchev–Trinajstić information content (AvgIpc) is 3.16. The van der Waals surface area contributed by atoms with E-state index >= 15 is 0 Å². The first-order valence-electron chi connectivity index (χ1n) is 8.66. The van der Waals surface area contributed by atoms with E-state index < -0.39 is 22.2 Å². The normalized spacial score (nSPS) is 10.8. The second-order valence-corrected chi connectivity index (χ2v) is 6.30. The minimum absolute atomic E-state index is 0.1000. The fourth-order valence-electron chi connectivity index (χ4n) is 2.85. The van der Waals surface area contributed by atoms with Gasteiger partial charge in [0, 0.05) is 17.8 Å². The number of fused-ring (bicyclic) bond motifs is 1. The van der Waals surface area contributed by atoms with Gasteiger partial charge in [0.15, 0.2) is 5.65 Å². The van der Waals surface area contributed by atoms with Crippen LogP contribution < -0.4 is 10.9 Å². The van der Waals surface area contributed by atoms with Crippen molar-refractivity contribution in [3.05, 3.63) is 87.3 Å². The highest BCUT2D eigenvalue weighted by atomic mass is 19.1. The minimum Gasteiger partial charge on any atom is -0.325 e. The van der Waals surface area contributed by atoms with Crippen LogP contribution in [0.15, 0.2) is 65.8 Å². The number of nitrogens with one attached hydrogen (secondary N) is 1. The molecule has 11 heteroatoms. The maximum Gasteiger partial charge on any atom is 0.269 e. The van der Waals surface area contributed by atoms with Crippen molar-refractivity contribution in [1.82, 2.24) is 19.3 Å². The SMILES string of the molecule is O=C(Cn1cnc2c(cnn2-c2ccc(F)cc2)c1=O)Nc1ccc([N+](=O)[O-])cc1. The van der Waals surface area contributed by atoms with Crippen LogP contribution in [0.1, 0.15) is 0 Å². The molecule has 10 nitrogen and oxygen atoms in total. The Kier molecular flexibility index (Phi) is 4.76. The standard InChI is InChI=1S/C19H13FN6O4/c20-12-1-5-14(6-2-12)25-18-16(9-22-25)19(28)24(11-21-18)10-17(27)23-13-3-7-15(8-4-13)26(29)30/h1-9,11H,10H2,(H,23,27). The van der Waals surface area contributed by atoms with Crippen molar-refractivity contribution in [1.29, 1.82) is 0 Å². The lowest BCUT2D eigenvalue weighted by molar-refractivity contribution is -0.384. The van der Waals surface area contributed by atoms with Crippen molar-refractivity contribution in [2.75, 3.05) is 5.32 Å². The van der Waals surface area contributed by atoms with Crippen LogP contribution in [-0.4, -0.2) is 30.2 Å². The molecule has 1 N–H and O–H groups in total. The second kappa shape index (κ2) is 7.54. The molecule has 0 aliphatic carbocycles. The molecule has 4 aromatic rings. The summed E-state index contributed by atoms with van der Waals surface area (Å²) in [6.07, 6.45) is 2.56. The molecule has 2 aromatic heterocycles. The Hall–Kier alpha value is -4.41. The summed E-state index contributed by atoms with van der Waals surface area (Å²) in [5, 5.41) is 17.6. The van der Waals surface area contributed by atoms with E-state index in [1.54, 1.807) is 0 Å². The number of aromatic nitrogens is 4. The zero-order chi connectivity index (χ0) is 21.3. The molecule has 2 heterocycles. The molecule has 0 spiro atoms. The number of amides is 1. The van der Waals surface area contributed by atoms with E-state index in [0.29, 0.717) is 11.4 Å². The summed E-state index contributed by atoms with van der Waals surface area (Å²) in [5.41, 5.74) is 0.603. The molecule has 30 heavy (non-hydrogen) atoms. The van der Waals surface area contributed by atoms with Crippen molar-refractivity contribution < 1.29 is 14.1 Å². The quantitative estimate of drug-likeness (QED) is 0.399. The van der Waals surface area contributed by atoms with Crippen molar-refractivity contribution >= 4 is 28.3 Å². The number of nitrogens with zero attached hydrogens (tertiary/aromatic N) is 5. The van der Waals surface area contributed by atoms with Crippen molar-refractivity contribution in [2.45, 2.75) is 6.54 Å². The summed E-state index contributed by atoms with van der Waals surface area (Å²) >= 11 is 0.